The Bertz CT molecular complexity index is 936. The minimum Gasteiger partial charge on any atom is -0.493 e. The topological polar surface area (TPSA) is 72.5 Å². The van der Waals surface area contributed by atoms with E-state index in [1.54, 1.807) is 54.6 Å². The van der Waals surface area contributed by atoms with Gasteiger partial charge in [0, 0.05) is 6.08 Å². The number of methoxy groups -OCH3 is 5. The van der Waals surface area contributed by atoms with Crippen molar-refractivity contribution in [3.63, 3.8) is 0 Å². The van der Waals surface area contributed by atoms with Gasteiger partial charge >= 0.3 is 5.97 Å². The third-order valence-corrected chi connectivity index (χ3v) is 4.42. The molecule has 166 valence electrons. The van der Waals surface area contributed by atoms with Crippen molar-refractivity contribution in [2.75, 3.05) is 42.2 Å². The first kappa shape index (κ1) is 23.7. The van der Waals surface area contributed by atoms with Crippen LogP contribution < -0.4 is 23.7 Å². The lowest BCUT2D eigenvalue weighted by Gasteiger charge is -2.13. The Morgan fingerprint density at radius 1 is 0.710 bits per heavy atom. The van der Waals surface area contributed by atoms with Gasteiger partial charge in [0.05, 0.1) is 42.2 Å². The minimum absolute atomic E-state index is 0.309. The molecule has 2 aromatic rings. The normalized spacial score (nSPS) is 10.9. The summed E-state index contributed by atoms with van der Waals surface area (Å²) in [4.78, 5) is 11.8. The third-order valence-electron chi connectivity index (χ3n) is 4.42. The molecule has 7 heteroatoms. The summed E-state index contributed by atoms with van der Waals surface area (Å²) in [6, 6.07) is 7.31. The van der Waals surface area contributed by atoms with Crippen LogP contribution in [0.4, 0.5) is 0 Å². The summed E-state index contributed by atoms with van der Waals surface area (Å²) < 4.78 is 32.0. The van der Waals surface area contributed by atoms with Gasteiger partial charge in [-0.25, -0.2) is 4.79 Å². The Balaban J connectivity index is 2.51. The van der Waals surface area contributed by atoms with E-state index in [9.17, 15) is 4.79 Å². The molecule has 7 nitrogen and oxygen atoms in total. The summed E-state index contributed by atoms with van der Waals surface area (Å²) in [5, 5.41) is 0. The maximum atomic E-state index is 11.8. The van der Waals surface area contributed by atoms with Crippen LogP contribution in [0.15, 0.2) is 30.3 Å². The Hall–Kier alpha value is -3.61. The molecular weight excluding hydrogens is 400 g/mol. The van der Waals surface area contributed by atoms with Crippen LogP contribution in [0.25, 0.3) is 18.2 Å². The largest absolute Gasteiger partial charge is 0.493 e. The molecule has 0 fully saturated rings. The van der Waals surface area contributed by atoms with Crippen LogP contribution in [-0.4, -0.2) is 48.1 Å². The molecule has 0 bridgehead atoms. The second kappa shape index (κ2) is 11.5. The molecule has 0 aliphatic rings. The van der Waals surface area contributed by atoms with Crippen molar-refractivity contribution >= 4 is 24.2 Å². The molecule has 0 N–H and O–H groups in total. The van der Waals surface area contributed by atoms with E-state index in [0.717, 1.165) is 16.7 Å². The molecule has 0 spiro atoms. The van der Waals surface area contributed by atoms with Crippen molar-refractivity contribution in [1.29, 1.82) is 0 Å². The highest BCUT2D eigenvalue weighted by atomic mass is 16.5. The van der Waals surface area contributed by atoms with Gasteiger partial charge in [0.1, 0.15) is 0 Å². The van der Waals surface area contributed by atoms with E-state index >= 15 is 0 Å². The standard InChI is InChI=1S/C24H28O7/c1-7-31-23(25)11-10-18-15-20(27-3)19(26-2)14-17(18)9-8-16-12-21(28-4)24(30-6)22(13-16)29-5/h8-15H,7H2,1-6H3/b9-8+,11-10+. The zero-order valence-corrected chi connectivity index (χ0v) is 18.7. The highest BCUT2D eigenvalue weighted by Gasteiger charge is 2.13. The van der Waals surface area contributed by atoms with Gasteiger partial charge in [0.2, 0.25) is 5.75 Å². The van der Waals surface area contributed by atoms with Gasteiger partial charge in [-0.3, -0.25) is 0 Å². The summed E-state index contributed by atoms with van der Waals surface area (Å²) >= 11 is 0. The second-order valence-corrected chi connectivity index (χ2v) is 6.21. The van der Waals surface area contributed by atoms with E-state index in [4.69, 9.17) is 28.4 Å². The van der Waals surface area contributed by atoms with E-state index in [-0.39, 0.29) is 0 Å². The minimum atomic E-state index is -0.420. The fraction of sp³-hybridized carbons (Fsp3) is 0.292. The molecule has 0 saturated carbocycles. The predicted molar refractivity (Wildman–Crippen MR) is 120 cm³/mol. The number of rotatable bonds is 10. The van der Waals surface area contributed by atoms with Crippen molar-refractivity contribution in [3.8, 4) is 28.7 Å². The van der Waals surface area contributed by atoms with E-state index in [0.29, 0.717) is 35.4 Å². The monoisotopic (exact) mass is 428 g/mol. The molecule has 0 unspecified atom stereocenters. The first-order chi connectivity index (χ1) is 15.0. The highest BCUT2D eigenvalue weighted by Crippen LogP contribution is 2.39. The van der Waals surface area contributed by atoms with Crippen LogP contribution in [0.1, 0.15) is 23.6 Å². The summed E-state index contributed by atoms with van der Waals surface area (Å²) in [6.45, 7) is 2.07. The molecule has 0 atom stereocenters. The SMILES string of the molecule is CCOC(=O)/C=C/c1cc(OC)c(OC)cc1/C=C/c1cc(OC)c(OC)c(OC)c1. The molecular formula is C24H28O7. The second-order valence-electron chi connectivity index (χ2n) is 6.21. The Morgan fingerprint density at radius 2 is 1.23 bits per heavy atom. The summed E-state index contributed by atoms with van der Waals surface area (Å²) in [6.07, 6.45) is 6.84. The first-order valence-corrected chi connectivity index (χ1v) is 9.60. The average Bonchev–Trinajstić information content (AvgIpc) is 2.80. The lowest BCUT2D eigenvalue weighted by atomic mass is 10.0. The van der Waals surface area contributed by atoms with E-state index < -0.39 is 5.97 Å². The molecule has 0 aliphatic carbocycles. The molecule has 2 rings (SSSR count). The van der Waals surface area contributed by atoms with Crippen molar-refractivity contribution in [2.45, 2.75) is 6.92 Å². The molecule has 0 heterocycles. The van der Waals surface area contributed by atoms with Gasteiger partial charge in [-0.1, -0.05) is 12.2 Å². The third kappa shape index (κ3) is 5.94. The van der Waals surface area contributed by atoms with Crippen LogP contribution in [0.3, 0.4) is 0 Å². The van der Waals surface area contributed by atoms with E-state index in [1.807, 2.05) is 30.4 Å². The molecule has 31 heavy (non-hydrogen) atoms. The summed E-state index contributed by atoms with van der Waals surface area (Å²) in [5.74, 6) is 2.33. The first-order valence-electron chi connectivity index (χ1n) is 9.60. The molecule has 0 aromatic heterocycles. The van der Waals surface area contributed by atoms with Gasteiger partial charge in [0.25, 0.3) is 0 Å². The van der Waals surface area contributed by atoms with Crippen LogP contribution in [-0.2, 0) is 9.53 Å². The zero-order valence-electron chi connectivity index (χ0n) is 18.7. The summed E-state index contributed by atoms with van der Waals surface area (Å²) in [5.41, 5.74) is 2.41. The lowest BCUT2D eigenvalue weighted by Crippen LogP contribution is -1.99. The van der Waals surface area contributed by atoms with Gasteiger partial charge in [-0.15, -0.1) is 0 Å². The number of carbonyl (C=O) groups is 1. The summed E-state index contributed by atoms with van der Waals surface area (Å²) in [7, 11) is 7.82. The number of esters is 1. The molecule has 0 saturated heterocycles. The number of carbonyl (C=O) groups excluding carboxylic acids is 1. The maximum absolute atomic E-state index is 11.8. The number of hydrogen-bond donors (Lipinski definition) is 0. The van der Waals surface area contributed by atoms with Gasteiger partial charge < -0.3 is 28.4 Å². The van der Waals surface area contributed by atoms with Crippen molar-refractivity contribution in [3.05, 3.63) is 47.0 Å². The Kier molecular flexibility index (Phi) is 8.81. The van der Waals surface area contributed by atoms with Crippen molar-refractivity contribution in [2.24, 2.45) is 0 Å². The van der Waals surface area contributed by atoms with Crippen LogP contribution in [0, 0.1) is 0 Å². The average molecular weight is 428 g/mol. The molecule has 0 amide bonds. The van der Waals surface area contributed by atoms with Gasteiger partial charge in [0.15, 0.2) is 23.0 Å². The number of benzene rings is 2. The fourth-order valence-corrected chi connectivity index (χ4v) is 2.93. The Morgan fingerprint density at radius 3 is 1.68 bits per heavy atom. The van der Waals surface area contributed by atoms with E-state index in [2.05, 4.69) is 0 Å². The Labute approximate surface area is 182 Å². The van der Waals surface area contributed by atoms with Gasteiger partial charge in [-0.05, 0) is 54.0 Å². The van der Waals surface area contributed by atoms with Crippen LogP contribution >= 0.6 is 0 Å². The number of ether oxygens (including phenoxy) is 6. The fourth-order valence-electron chi connectivity index (χ4n) is 2.93. The van der Waals surface area contributed by atoms with Crippen LogP contribution in [0.5, 0.6) is 28.7 Å². The van der Waals surface area contributed by atoms with E-state index in [1.165, 1.54) is 6.08 Å². The highest BCUT2D eigenvalue weighted by molar-refractivity contribution is 5.89. The zero-order chi connectivity index (χ0) is 22.8. The quantitative estimate of drug-likeness (QED) is 0.314. The van der Waals surface area contributed by atoms with Crippen molar-refractivity contribution < 1.29 is 33.2 Å². The van der Waals surface area contributed by atoms with Crippen LogP contribution in [0.2, 0.25) is 0 Å². The number of hydrogen-bond acceptors (Lipinski definition) is 7. The van der Waals surface area contributed by atoms with Crippen molar-refractivity contribution in [1.82, 2.24) is 0 Å². The molecule has 2 aromatic carbocycles. The lowest BCUT2D eigenvalue weighted by molar-refractivity contribution is -0.137. The predicted octanol–water partition coefficient (Wildman–Crippen LogP) is 4.48. The molecule has 0 aliphatic heterocycles. The molecule has 0 radical (unpaired) electrons. The smallest absolute Gasteiger partial charge is 0.330 e. The maximum Gasteiger partial charge on any atom is 0.330 e. The van der Waals surface area contributed by atoms with Gasteiger partial charge in [-0.2, -0.15) is 0 Å².